The Morgan fingerprint density at radius 2 is 0.842 bits per heavy atom. The third-order valence-electron chi connectivity index (χ3n) is 15.6. The zero-order valence-corrected chi connectivity index (χ0v) is 48.3. The number of rotatable bonds is 51. The fourth-order valence-electron chi connectivity index (χ4n) is 10.5. The Morgan fingerprint density at radius 1 is 0.461 bits per heavy atom. The van der Waals surface area contributed by atoms with Crippen molar-refractivity contribution in [1.29, 1.82) is 0 Å². The highest BCUT2D eigenvalue weighted by molar-refractivity contribution is 5.76. The summed E-state index contributed by atoms with van der Waals surface area (Å²) in [6.07, 6.45) is 41.3. The maximum Gasteiger partial charge on any atom is 0.220 e. The van der Waals surface area contributed by atoms with Crippen LogP contribution in [0.4, 0.5) is 0 Å². The molecule has 0 aromatic carbocycles. The number of amides is 1. The van der Waals surface area contributed by atoms with E-state index in [1.807, 2.05) is 6.08 Å². The summed E-state index contributed by atoms with van der Waals surface area (Å²) in [6.45, 7) is 2.78. The van der Waals surface area contributed by atoms with Gasteiger partial charge in [-0.05, 0) is 32.1 Å². The lowest BCUT2D eigenvalue weighted by molar-refractivity contribution is -0.359. The number of nitrogens with one attached hydrogen (secondary N) is 1. The molecule has 0 aromatic heterocycles. The van der Waals surface area contributed by atoms with Gasteiger partial charge >= 0.3 is 0 Å². The number of allylic oxidation sites excluding steroid dienone is 3. The molecule has 2 aliphatic rings. The minimum atomic E-state index is -1.79. The van der Waals surface area contributed by atoms with Gasteiger partial charge in [0.2, 0.25) is 5.91 Å². The van der Waals surface area contributed by atoms with Crippen LogP contribution in [0.3, 0.4) is 0 Å². The maximum atomic E-state index is 13.2. The van der Waals surface area contributed by atoms with Crippen LogP contribution in [0.25, 0.3) is 0 Å². The van der Waals surface area contributed by atoms with E-state index in [0.717, 1.165) is 32.1 Å². The monoisotopic (exact) mass is 1080 g/mol. The molecule has 0 bridgehead atoms. The third-order valence-corrected chi connectivity index (χ3v) is 15.6. The summed E-state index contributed by atoms with van der Waals surface area (Å²) in [5.41, 5.74) is 0. The van der Waals surface area contributed by atoms with Gasteiger partial charge in [-0.15, -0.1) is 0 Å². The summed E-state index contributed by atoms with van der Waals surface area (Å²) in [6, 6.07) is -0.926. The van der Waals surface area contributed by atoms with Crippen molar-refractivity contribution in [3.05, 3.63) is 24.3 Å². The Bertz CT molecular complexity index is 1370. The molecule has 76 heavy (non-hydrogen) atoms. The summed E-state index contributed by atoms with van der Waals surface area (Å²) in [5, 5.41) is 86.9. The fraction of sp³-hybridized carbons (Fsp3) is 0.919. The molecule has 0 radical (unpaired) electrons. The smallest absolute Gasteiger partial charge is 0.220 e. The molecular formula is C62H117NO13. The summed E-state index contributed by atoms with van der Waals surface area (Å²) in [7, 11) is 0. The van der Waals surface area contributed by atoms with E-state index in [-0.39, 0.29) is 18.9 Å². The molecule has 0 aliphatic carbocycles. The molecule has 1 amide bonds. The van der Waals surface area contributed by atoms with E-state index in [2.05, 4.69) is 31.3 Å². The number of unbranched alkanes of at least 4 members (excludes halogenated alkanes) is 36. The van der Waals surface area contributed by atoms with Gasteiger partial charge in [0.1, 0.15) is 48.8 Å². The van der Waals surface area contributed by atoms with Gasteiger partial charge in [0.25, 0.3) is 0 Å². The predicted octanol–water partition coefficient (Wildman–Crippen LogP) is 11.2. The molecule has 2 aliphatic heterocycles. The molecule has 14 nitrogen and oxygen atoms in total. The van der Waals surface area contributed by atoms with E-state index in [1.165, 1.54) is 205 Å². The first-order chi connectivity index (χ1) is 37.1. The second-order valence-corrected chi connectivity index (χ2v) is 22.5. The van der Waals surface area contributed by atoms with Crippen LogP contribution in [0, 0.1) is 0 Å². The van der Waals surface area contributed by atoms with Crippen LogP contribution in [0.15, 0.2) is 24.3 Å². The molecule has 2 rings (SSSR count). The molecule has 0 saturated carbocycles. The third kappa shape index (κ3) is 33.3. The summed E-state index contributed by atoms with van der Waals surface area (Å²) >= 11 is 0. The second kappa shape index (κ2) is 48.2. The Morgan fingerprint density at radius 3 is 1.29 bits per heavy atom. The van der Waals surface area contributed by atoms with Crippen LogP contribution < -0.4 is 5.32 Å². The van der Waals surface area contributed by atoms with E-state index in [0.29, 0.717) is 12.8 Å². The molecule has 12 atom stereocenters. The number of carbonyl (C=O) groups is 1. The molecule has 2 fully saturated rings. The number of hydrogen-bond donors (Lipinski definition) is 9. The van der Waals surface area contributed by atoms with Crippen molar-refractivity contribution in [2.45, 2.75) is 344 Å². The van der Waals surface area contributed by atoms with Gasteiger partial charge in [-0.1, -0.05) is 256 Å². The quantitative estimate of drug-likeness (QED) is 0.0204. The lowest BCUT2D eigenvalue weighted by atomic mass is 9.97. The van der Waals surface area contributed by atoms with Crippen LogP contribution in [0.5, 0.6) is 0 Å². The fourth-order valence-corrected chi connectivity index (χ4v) is 10.5. The largest absolute Gasteiger partial charge is 0.394 e. The Kier molecular flexibility index (Phi) is 44.8. The number of hydrogen-bond acceptors (Lipinski definition) is 13. The standard InChI is InChI=1S/C62H117NO13/c1-3-5-7-9-11-13-15-16-17-18-19-20-21-22-23-24-25-26-27-28-29-30-31-32-33-34-35-36-37-39-41-43-45-51(66)50(63-54(67)46-44-42-40-38-14-12-10-8-6-4-2)49-73-61-59(72)57(70)60(53(48-65)75-61)76-62-58(71)56(69)55(68)52(47-64)74-62/h36-37,43,45,50-53,55-62,64-66,68-72H,3-35,38-42,44,46-49H2,1-2H3,(H,63,67)/b37-36+,45-43+. The van der Waals surface area contributed by atoms with Crippen LogP contribution in [-0.4, -0.2) is 140 Å². The highest BCUT2D eigenvalue weighted by atomic mass is 16.7. The predicted molar refractivity (Wildman–Crippen MR) is 305 cm³/mol. The topological polar surface area (TPSA) is 228 Å². The lowest BCUT2D eigenvalue weighted by Gasteiger charge is -2.46. The van der Waals surface area contributed by atoms with Gasteiger partial charge in [0.15, 0.2) is 12.6 Å². The van der Waals surface area contributed by atoms with Gasteiger partial charge < -0.3 is 65.1 Å². The van der Waals surface area contributed by atoms with Crippen molar-refractivity contribution in [3.63, 3.8) is 0 Å². The summed E-state index contributed by atoms with van der Waals surface area (Å²) < 4.78 is 22.7. The molecule has 448 valence electrons. The normalized spacial score (nSPS) is 25.0. The van der Waals surface area contributed by atoms with Gasteiger partial charge in [0.05, 0.1) is 32.0 Å². The highest BCUT2D eigenvalue weighted by Crippen LogP contribution is 2.30. The molecule has 0 aromatic rings. The first kappa shape index (κ1) is 70.6. The van der Waals surface area contributed by atoms with E-state index < -0.39 is 86.8 Å². The number of carbonyl (C=O) groups excluding carboxylic acids is 1. The van der Waals surface area contributed by atoms with Crippen LogP contribution in [-0.2, 0) is 23.7 Å². The second-order valence-electron chi connectivity index (χ2n) is 22.5. The Balaban J connectivity index is 1.65. The Hall–Kier alpha value is -1.53. The van der Waals surface area contributed by atoms with Crippen LogP contribution in [0.1, 0.15) is 271 Å². The van der Waals surface area contributed by atoms with Crippen molar-refractivity contribution >= 4 is 5.91 Å². The number of ether oxygens (including phenoxy) is 4. The summed E-state index contributed by atoms with van der Waals surface area (Å²) in [4.78, 5) is 13.2. The van der Waals surface area contributed by atoms with Gasteiger partial charge in [-0.2, -0.15) is 0 Å². The summed E-state index contributed by atoms with van der Waals surface area (Å²) in [5.74, 6) is -0.249. The van der Waals surface area contributed by atoms with Crippen LogP contribution >= 0.6 is 0 Å². The maximum absolute atomic E-state index is 13.2. The minimum absolute atomic E-state index is 0.249. The number of aliphatic hydroxyl groups is 8. The molecule has 2 saturated heterocycles. The lowest BCUT2D eigenvalue weighted by Crippen LogP contribution is -2.65. The van der Waals surface area contributed by atoms with Crippen molar-refractivity contribution in [2.24, 2.45) is 0 Å². The van der Waals surface area contributed by atoms with E-state index >= 15 is 0 Å². The van der Waals surface area contributed by atoms with Crippen molar-refractivity contribution in [2.75, 3.05) is 19.8 Å². The first-order valence-electron chi connectivity index (χ1n) is 31.6. The molecule has 2 heterocycles. The zero-order valence-electron chi connectivity index (χ0n) is 48.3. The molecule has 14 heteroatoms. The minimum Gasteiger partial charge on any atom is -0.394 e. The first-order valence-corrected chi connectivity index (χ1v) is 31.6. The Labute approximate surface area is 462 Å². The number of aliphatic hydroxyl groups excluding tert-OH is 8. The van der Waals surface area contributed by atoms with Crippen molar-refractivity contribution < 1.29 is 64.6 Å². The van der Waals surface area contributed by atoms with Crippen molar-refractivity contribution in [3.8, 4) is 0 Å². The molecule has 9 N–H and O–H groups in total. The van der Waals surface area contributed by atoms with E-state index in [1.54, 1.807) is 6.08 Å². The average Bonchev–Trinajstić information content (AvgIpc) is 3.42. The van der Waals surface area contributed by atoms with Crippen molar-refractivity contribution in [1.82, 2.24) is 5.32 Å². The van der Waals surface area contributed by atoms with Crippen LogP contribution in [0.2, 0.25) is 0 Å². The van der Waals surface area contributed by atoms with E-state index in [9.17, 15) is 45.6 Å². The highest BCUT2D eigenvalue weighted by Gasteiger charge is 2.51. The van der Waals surface area contributed by atoms with Gasteiger partial charge in [-0.25, -0.2) is 0 Å². The average molecular weight is 1080 g/mol. The SMILES string of the molecule is CCCCCCCCCCCCCCCCCCCCCCCCCCCC/C=C/CC/C=C/C(O)C(COC1OC(CO)C(OC2OC(CO)C(O)C(O)C2O)C(O)C1O)NC(=O)CCCCCCCCCCCC. The van der Waals surface area contributed by atoms with Gasteiger partial charge in [0, 0.05) is 6.42 Å². The molecule has 12 unspecified atom stereocenters. The van der Waals surface area contributed by atoms with Gasteiger partial charge in [-0.3, -0.25) is 4.79 Å². The molecular weight excluding hydrogens is 967 g/mol. The molecule has 0 spiro atoms. The zero-order chi connectivity index (χ0) is 55.3. The van der Waals surface area contributed by atoms with E-state index in [4.69, 9.17) is 18.9 Å².